The summed E-state index contributed by atoms with van der Waals surface area (Å²) in [6.45, 7) is 5.97. The Bertz CT molecular complexity index is 835. The molecule has 0 aromatic carbocycles. The van der Waals surface area contributed by atoms with Crippen molar-refractivity contribution in [1.82, 2.24) is 19.6 Å². The maximum atomic E-state index is 12.5. The molecule has 0 radical (unpaired) electrons. The molecular formula is C19H23N5OS2. The molecule has 4 rings (SSSR count). The number of piperazine rings is 1. The van der Waals surface area contributed by atoms with Crippen LogP contribution in [0.5, 0.6) is 0 Å². The summed E-state index contributed by atoms with van der Waals surface area (Å²) in [5, 5.41) is 11.5. The summed E-state index contributed by atoms with van der Waals surface area (Å²) in [4.78, 5) is 19.8. The Labute approximate surface area is 167 Å². The van der Waals surface area contributed by atoms with E-state index in [9.17, 15) is 4.79 Å². The lowest BCUT2D eigenvalue weighted by Crippen LogP contribution is -2.48. The van der Waals surface area contributed by atoms with Crippen LogP contribution < -0.4 is 5.32 Å². The average molecular weight is 402 g/mol. The normalized spacial score (nSPS) is 15.9. The van der Waals surface area contributed by atoms with E-state index in [0.717, 1.165) is 38.5 Å². The van der Waals surface area contributed by atoms with Gasteiger partial charge in [0.2, 0.25) is 5.91 Å². The van der Waals surface area contributed by atoms with Crippen molar-refractivity contribution in [3.63, 3.8) is 0 Å². The van der Waals surface area contributed by atoms with Gasteiger partial charge < -0.3 is 5.32 Å². The number of carbonyl (C=O) groups is 1. The van der Waals surface area contributed by atoms with Gasteiger partial charge in [0.15, 0.2) is 0 Å². The Morgan fingerprint density at radius 2 is 1.63 bits per heavy atom. The van der Waals surface area contributed by atoms with Crippen molar-refractivity contribution in [3.05, 3.63) is 57.0 Å². The second-order valence-electron chi connectivity index (χ2n) is 6.63. The van der Waals surface area contributed by atoms with Crippen molar-refractivity contribution < 1.29 is 4.79 Å². The van der Waals surface area contributed by atoms with E-state index in [2.05, 4.69) is 49.2 Å². The van der Waals surface area contributed by atoms with Crippen LogP contribution in [0.15, 0.2) is 47.3 Å². The van der Waals surface area contributed by atoms with Crippen LogP contribution in [0.25, 0.3) is 0 Å². The summed E-state index contributed by atoms with van der Waals surface area (Å²) < 4.78 is 1.84. The van der Waals surface area contributed by atoms with Crippen molar-refractivity contribution in [3.8, 4) is 0 Å². The predicted molar refractivity (Wildman–Crippen MR) is 110 cm³/mol. The molecule has 6 nitrogen and oxygen atoms in total. The first-order valence-electron chi connectivity index (χ1n) is 9.07. The molecule has 4 heterocycles. The van der Waals surface area contributed by atoms with E-state index in [0.29, 0.717) is 13.1 Å². The molecule has 27 heavy (non-hydrogen) atoms. The molecule has 3 aromatic rings. The van der Waals surface area contributed by atoms with E-state index in [1.165, 1.54) is 9.75 Å². The van der Waals surface area contributed by atoms with Crippen LogP contribution in [-0.2, 0) is 17.9 Å². The van der Waals surface area contributed by atoms with Gasteiger partial charge in [-0.2, -0.15) is 5.10 Å². The molecule has 0 saturated carbocycles. The summed E-state index contributed by atoms with van der Waals surface area (Å²) in [6, 6.07) is 10.2. The fourth-order valence-electron chi connectivity index (χ4n) is 3.23. The monoisotopic (exact) mass is 401 g/mol. The number of rotatable bonds is 7. The zero-order valence-electron chi connectivity index (χ0n) is 15.1. The second-order valence-corrected chi connectivity index (χ2v) is 8.70. The van der Waals surface area contributed by atoms with Crippen LogP contribution in [0.1, 0.15) is 9.75 Å². The average Bonchev–Trinajstić information content (AvgIpc) is 3.42. The van der Waals surface area contributed by atoms with Crippen molar-refractivity contribution in [2.75, 3.05) is 38.0 Å². The van der Waals surface area contributed by atoms with Crippen LogP contribution in [0.4, 0.5) is 5.82 Å². The molecule has 0 spiro atoms. The van der Waals surface area contributed by atoms with Gasteiger partial charge >= 0.3 is 0 Å². The minimum Gasteiger partial charge on any atom is -0.310 e. The maximum Gasteiger partial charge on any atom is 0.239 e. The molecule has 1 N–H and O–H groups in total. The van der Waals surface area contributed by atoms with Crippen molar-refractivity contribution in [2.45, 2.75) is 13.1 Å². The van der Waals surface area contributed by atoms with Crippen molar-refractivity contribution in [2.24, 2.45) is 0 Å². The molecule has 1 aliphatic rings. The van der Waals surface area contributed by atoms with Crippen molar-refractivity contribution >= 4 is 34.4 Å². The third-order valence-corrected chi connectivity index (χ3v) is 6.38. The number of carbonyl (C=O) groups excluding carboxylic acids is 1. The molecule has 1 aliphatic heterocycles. The first kappa shape index (κ1) is 18.4. The van der Waals surface area contributed by atoms with Crippen LogP contribution in [-0.4, -0.2) is 58.2 Å². The topological polar surface area (TPSA) is 53.4 Å². The molecule has 1 amide bonds. The minimum atomic E-state index is 0.0228. The molecular weight excluding hydrogens is 378 g/mol. The SMILES string of the molecule is O=C(CN1CCN(Cc2cccs2)CC1)Nc1ccnn1Cc1cccs1. The van der Waals surface area contributed by atoms with Gasteiger partial charge in [0.05, 0.1) is 19.3 Å². The number of aromatic nitrogens is 2. The summed E-state index contributed by atoms with van der Waals surface area (Å²) in [5.74, 6) is 0.777. The van der Waals surface area contributed by atoms with Gasteiger partial charge in [-0.3, -0.25) is 14.6 Å². The van der Waals surface area contributed by atoms with Gasteiger partial charge in [-0.1, -0.05) is 12.1 Å². The maximum absolute atomic E-state index is 12.5. The third kappa shape index (κ3) is 5.04. The molecule has 8 heteroatoms. The Kier molecular flexibility index (Phi) is 5.98. The highest BCUT2D eigenvalue weighted by atomic mass is 32.1. The van der Waals surface area contributed by atoms with E-state index in [4.69, 9.17) is 0 Å². The Morgan fingerprint density at radius 1 is 0.963 bits per heavy atom. The van der Waals surface area contributed by atoms with E-state index < -0.39 is 0 Å². The van der Waals surface area contributed by atoms with Crippen LogP contribution >= 0.6 is 22.7 Å². The van der Waals surface area contributed by atoms with Gasteiger partial charge in [-0.15, -0.1) is 22.7 Å². The molecule has 142 valence electrons. The highest BCUT2D eigenvalue weighted by molar-refractivity contribution is 7.10. The second kappa shape index (κ2) is 8.79. The van der Waals surface area contributed by atoms with E-state index in [-0.39, 0.29) is 5.91 Å². The lowest BCUT2D eigenvalue weighted by molar-refractivity contribution is -0.117. The standard InChI is InChI=1S/C19H23N5OS2/c25-19(21-18-5-6-20-24(18)14-17-4-2-12-27-17)15-23-9-7-22(8-10-23)13-16-3-1-11-26-16/h1-6,11-12H,7-10,13-15H2,(H,21,25). The Balaban J connectivity index is 1.24. The summed E-state index contributed by atoms with van der Waals surface area (Å²) in [6.07, 6.45) is 1.73. The first-order chi connectivity index (χ1) is 13.3. The quantitative estimate of drug-likeness (QED) is 0.661. The number of nitrogens with one attached hydrogen (secondary N) is 1. The first-order valence-corrected chi connectivity index (χ1v) is 10.8. The van der Waals surface area contributed by atoms with E-state index >= 15 is 0 Å². The zero-order valence-corrected chi connectivity index (χ0v) is 16.7. The van der Waals surface area contributed by atoms with Gasteiger partial charge in [0.25, 0.3) is 0 Å². The van der Waals surface area contributed by atoms with Gasteiger partial charge in [-0.25, -0.2) is 4.68 Å². The number of nitrogens with zero attached hydrogens (tertiary/aromatic N) is 4. The predicted octanol–water partition coefficient (Wildman–Crippen LogP) is 2.81. The number of hydrogen-bond donors (Lipinski definition) is 1. The van der Waals surface area contributed by atoms with Gasteiger partial charge in [0, 0.05) is 48.5 Å². The van der Waals surface area contributed by atoms with Gasteiger partial charge in [-0.05, 0) is 22.9 Å². The Morgan fingerprint density at radius 3 is 2.30 bits per heavy atom. The number of anilines is 1. The summed E-state index contributed by atoms with van der Waals surface area (Å²) in [5.41, 5.74) is 0. The fraction of sp³-hybridized carbons (Fsp3) is 0.368. The number of amides is 1. The molecule has 1 saturated heterocycles. The van der Waals surface area contributed by atoms with E-state index in [1.54, 1.807) is 28.9 Å². The third-order valence-electron chi connectivity index (χ3n) is 4.66. The fourth-order valence-corrected chi connectivity index (χ4v) is 4.66. The summed E-state index contributed by atoms with van der Waals surface area (Å²) in [7, 11) is 0. The van der Waals surface area contributed by atoms with Crippen LogP contribution in [0.3, 0.4) is 0 Å². The lowest BCUT2D eigenvalue weighted by atomic mass is 10.3. The molecule has 0 unspecified atom stereocenters. The lowest BCUT2D eigenvalue weighted by Gasteiger charge is -2.34. The van der Waals surface area contributed by atoms with Crippen molar-refractivity contribution in [1.29, 1.82) is 0 Å². The molecule has 0 bridgehead atoms. The largest absolute Gasteiger partial charge is 0.310 e. The van der Waals surface area contributed by atoms with Crippen LogP contribution in [0.2, 0.25) is 0 Å². The zero-order chi connectivity index (χ0) is 18.5. The van der Waals surface area contributed by atoms with Gasteiger partial charge in [0.1, 0.15) is 5.82 Å². The van der Waals surface area contributed by atoms with E-state index in [1.807, 2.05) is 16.8 Å². The summed E-state index contributed by atoms with van der Waals surface area (Å²) >= 11 is 3.50. The molecule has 0 atom stereocenters. The molecule has 3 aromatic heterocycles. The smallest absolute Gasteiger partial charge is 0.239 e. The van der Waals surface area contributed by atoms with Crippen LogP contribution in [0, 0.1) is 0 Å². The number of thiophene rings is 2. The highest BCUT2D eigenvalue weighted by Crippen LogP contribution is 2.15. The minimum absolute atomic E-state index is 0.0228. The number of hydrogen-bond acceptors (Lipinski definition) is 6. The molecule has 0 aliphatic carbocycles. The Hall–Kier alpha value is -2.00. The molecule has 1 fully saturated rings. The highest BCUT2D eigenvalue weighted by Gasteiger charge is 2.19.